The summed E-state index contributed by atoms with van der Waals surface area (Å²) in [5.74, 6) is -0.775. The minimum Gasteiger partial charge on any atom is -0.324 e. The lowest BCUT2D eigenvalue weighted by Gasteiger charge is -2.12. The van der Waals surface area contributed by atoms with Gasteiger partial charge in [0.1, 0.15) is 12.4 Å². The number of benzene rings is 2. The van der Waals surface area contributed by atoms with Gasteiger partial charge in [0.15, 0.2) is 0 Å². The minimum absolute atomic E-state index is 0.105. The lowest BCUT2D eigenvalue weighted by atomic mass is 10.00. The van der Waals surface area contributed by atoms with E-state index in [4.69, 9.17) is 23.2 Å². The van der Waals surface area contributed by atoms with Crippen molar-refractivity contribution in [3.63, 3.8) is 0 Å². The molecule has 0 saturated carbocycles. The summed E-state index contributed by atoms with van der Waals surface area (Å²) < 4.78 is 14.2. The van der Waals surface area contributed by atoms with E-state index in [1.165, 1.54) is 12.1 Å². The predicted octanol–water partition coefficient (Wildman–Crippen LogP) is 3.92. The van der Waals surface area contributed by atoms with Crippen LogP contribution >= 0.6 is 23.2 Å². The average molecular weight is 323 g/mol. The van der Waals surface area contributed by atoms with Crippen molar-refractivity contribution in [1.82, 2.24) is 0 Å². The molecule has 2 aromatic rings. The summed E-state index contributed by atoms with van der Waals surface area (Å²) in [6, 6.07) is 9.32. The van der Waals surface area contributed by atoms with E-state index in [0.29, 0.717) is 22.0 Å². The normalized spacial score (nSPS) is 14.0. The van der Waals surface area contributed by atoms with E-state index in [0.717, 1.165) is 0 Å². The maximum Gasteiger partial charge on any atom is 0.246 e. The number of carbonyl (C=O) groups excluding carboxylic acids is 1. The number of rotatable bonds is 1. The van der Waals surface area contributed by atoms with Crippen LogP contribution in [-0.2, 0) is 4.79 Å². The maximum absolute atomic E-state index is 14.2. The first-order valence-electron chi connectivity index (χ1n) is 6.15. The van der Waals surface area contributed by atoms with Gasteiger partial charge in [0, 0.05) is 10.6 Å². The van der Waals surface area contributed by atoms with Crippen LogP contribution in [0.3, 0.4) is 0 Å². The lowest BCUT2D eigenvalue weighted by molar-refractivity contribution is -0.114. The third kappa shape index (κ3) is 2.64. The van der Waals surface area contributed by atoms with Crippen molar-refractivity contribution in [3.05, 3.63) is 63.4 Å². The Hall–Kier alpha value is -1.91. The molecule has 3 rings (SSSR count). The molecular weight excluding hydrogens is 314 g/mol. The summed E-state index contributed by atoms with van der Waals surface area (Å²) in [6.45, 7) is -0.105. The zero-order valence-electron chi connectivity index (χ0n) is 10.7. The van der Waals surface area contributed by atoms with E-state index in [-0.39, 0.29) is 23.0 Å². The largest absolute Gasteiger partial charge is 0.324 e. The first-order chi connectivity index (χ1) is 10.1. The van der Waals surface area contributed by atoms with E-state index >= 15 is 0 Å². The molecule has 1 aliphatic heterocycles. The van der Waals surface area contributed by atoms with Gasteiger partial charge in [-0.05, 0) is 30.3 Å². The van der Waals surface area contributed by atoms with Gasteiger partial charge >= 0.3 is 0 Å². The van der Waals surface area contributed by atoms with Crippen LogP contribution in [0.2, 0.25) is 10.0 Å². The predicted molar refractivity (Wildman–Crippen MR) is 82.0 cm³/mol. The van der Waals surface area contributed by atoms with Crippen molar-refractivity contribution in [2.45, 2.75) is 0 Å². The fraction of sp³-hybridized carbons (Fsp3) is 0.0667. The van der Waals surface area contributed by atoms with Crippen LogP contribution in [0.4, 0.5) is 10.1 Å². The van der Waals surface area contributed by atoms with Gasteiger partial charge in [-0.3, -0.25) is 9.79 Å². The zero-order chi connectivity index (χ0) is 15.0. The monoisotopic (exact) mass is 322 g/mol. The van der Waals surface area contributed by atoms with Gasteiger partial charge in [0.2, 0.25) is 5.91 Å². The van der Waals surface area contributed by atoms with Crippen LogP contribution < -0.4 is 5.32 Å². The van der Waals surface area contributed by atoms with Gasteiger partial charge in [-0.25, -0.2) is 4.39 Å². The van der Waals surface area contributed by atoms with E-state index in [9.17, 15) is 9.18 Å². The van der Waals surface area contributed by atoms with Crippen molar-refractivity contribution < 1.29 is 9.18 Å². The molecule has 21 heavy (non-hydrogen) atoms. The summed E-state index contributed by atoms with van der Waals surface area (Å²) >= 11 is 12.1. The second-order valence-electron chi connectivity index (χ2n) is 4.50. The van der Waals surface area contributed by atoms with Gasteiger partial charge in [0.05, 0.1) is 22.0 Å². The van der Waals surface area contributed by atoms with Crippen molar-refractivity contribution in [2.75, 3.05) is 11.9 Å². The van der Waals surface area contributed by atoms with E-state index in [2.05, 4.69) is 10.3 Å². The highest BCUT2D eigenvalue weighted by molar-refractivity contribution is 6.37. The third-order valence-corrected chi connectivity index (χ3v) is 3.64. The van der Waals surface area contributed by atoms with Crippen LogP contribution in [-0.4, -0.2) is 18.2 Å². The van der Waals surface area contributed by atoms with Crippen molar-refractivity contribution >= 4 is 40.5 Å². The Labute approximate surface area is 130 Å². The number of nitrogens with zero attached hydrogens (tertiary/aromatic N) is 1. The molecule has 3 nitrogen and oxygen atoms in total. The SMILES string of the molecule is O=C1CN=C(c2c(F)cccc2Cl)c2cc(Cl)ccc2N1. The molecule has 0 aromatic heterocycles. The molecule has 1 aliphatic rings. The molecule has 1 N–H and O–H groups in total. The number of hydrogen-bond donors (Lipinski definition) is 1. The Morgan fingerprint density at radius 1 is 1.19 bits per heavy atom. The standard InChI is InChI=1S/C15H9Cl2FN2O/c16-8-4-5-12-9(6-8)15(19-7-13(21)20-12)14-10(17)2-1-3-11(14)18/h1-6H,7H2,(H,20,21). The Bertz CT molecular complexity index is 754. The molecule has 0 radical (unpaired) electrons. The van der Waals surface area contributed by atoms with Crippen LogP contribution in [0.1, 0.15) is 11.1 Å². The molecule has 106 valence electrons. The summed E-state index contributed by atoms with van der Waals surface area (Å²) in [4.78, 5) is 15.9. The lowest BCUT2D eigenvalue weighted by Crippen LogP contribution is -2.13. The summed E-state index contributed by atoms with van der Waals surface area (Å²) in [6.07, 6.45) is 0. The highest BCUT2D eigenvalue weighted by Gasteiger charge is 2.22. The fourth-order valence-corrected chi connectivity index (χ4v) is 2.61. The van der Waals surface area contributed by atoms with Gasteiger partial charge in [0.25, 0.3) is 0 Å². The van der Waals surface area contributed by atoms with Crippen LogP contribution in [0, 0.1) is 5.82 Å². The molecule has 1 heterocycles. The maximum atomic E-state index is 14.2. The minimum atomic E-state index is -0.499. The van der Waals surface area contributed by atoms with Crippen molar-refractivity contribution in [3.8, 4) is 0 Å². The Kier molecular flexibility index (Phi) is 3.66. The van der Waals surface area contributed by atoms with Crippen LogP contribution in [0.25, 0.3) is 0 Å². The molecule has 1 amide bonds. The van der Waals surface area contributed by atoms with Gasteiger partial charge < -0.3 is 5.32 Å². The molecule has 0 atom stereocenters. The Balaban J connectivity index is 2.28. The highest BCUT2D eigenvalue weighted by Crippen LogP contribution is 2.29. The number of fused-ring (bicyclic) bond motifs is 1. The molecule has 0 aliphatic carbocycles. The highest BCUT2D eigenvalue weighted by atomic mass is 35.5. The summed E-state index contributed by atoms with van der Waals surface area (Å²) in [7, 11) is 0. The number of nitrogens with one attached hydrogen (secondary N) is 1. The number of aliphatic imine (C=N–C) groups is 1. The number of anilines is 1. The number of halogens is 3. The quantitative estimate of drug-likeness (QED) is 0.849. The summed E-state index contributed by atoms with van der Waals surface area (Å²) in [5, 5.41) is 3.40. The number of benzodiazepines with no additional fused rings is 1. The molecule has 2 aromatic carbocycles. The summed E-state index contributed by atoms with van der Waals surface area (Å²) in [5.41, 5.74) is 1.55. The van der Waals surface area contributed by atoms with E-state index < -0.39 is 5.82 Å². The first-order valence-corrected chi connectivity index (χ1v) is 6.90. The first kappa shape index (κ1) is 14.0. The van der Waals surface area contributed by atoms with Gasteiger partial charge in [-0.1, -0.05) is 29.3 Å². The van der Waals surface area contributed by atoms with Crippen molar-refractivity contribution in [2.24, 2.45) is 4.99 Å². The Morgan fingerprint density at radius 3 is 2.76 bits per heavy atom. The molecule has 6 heteroatoms. The topological polar surface area (TPSA) is 41.5 Å². The molecule has 0 bridgehead atoms. The van der Waals surface area contributed by atoms with Gasteiger partial charge in [-0.15, -0.1) is 0 Å². The second-order valence-corrected chi connectivity index (χ2v) is 5.34. The molecule has 0 unspecified atom stereocenters. The van der Waals surface area contributed by atoms with Gasteiger partial charge in [-0.2, -0.15) is 0 Å². The molecule has 0 spiro atoms. The number of amides is 1. The number of carbonyl (C=O) groups is 1. The Morgan fingerprint density at radius 2 is 2.00 bits per heavy atom. The second kappa shape index (κ2) is 5.47. The number of hydrogen-bond acceptors (Lipinski definition) is 2. The van der Waals surface area contributed by atoms with Crippen LogP contribution in [0.15, 0.2) is 41.4 Å². The molecule has 0 saturated heterocycles. The molecular formula is C15H9Cl2FN2O. The smallest absolute Gasteiger partial charge is 0.246 e. The van der Waals surface area contributed by atoms with Crippen LogP contribution in [0.5, 0.6) is 0 Å². The average Bonchev–Trinajstić information content (AvgIpc) is 2.58. The fourth-order valence-electron chi connectivity index (χ4n) is 2.18. The zero-order valence-corrected chi connectivity index (χ0v) is 12.2. The molecule has 0 fully saturated rings. The van der Waals surface area contributed by atoms with Crippen molar-refractivity contribution in [1.29, 1.82) is 0 Å². The third-order valence-electron chi connectivity index (χ3n) is 3.09. The van der Waals surface area contributed by atoms with E-state index in [1.54, 1.807) is 24.3 Å². The van der Waals surface area contributed by atoms with E-state index in [1.807, 2.05) is 0 Å².